The van der Waals surface area contributed by atoms with E-state index in [0.29, 0.717) is 18.6 Å². The third kappa shape index (κ3) is 4.09. The molecule has 1 aromatic carbocycles. The molecule has 3 unspecified atom stereocenters. The van der Waals surface area contributed by atoms with Crippen LogP contribution in [0, 0.1) is 11.7 Å². The zero-order valence-corrected chi connectivity index (χ0v) is 19.3. The van der Waals surface area contributed by atoms with Gasteiger partial charge in [0, 0.05) is 19.3 Å². The SMILES string of the molecule is CC1CN(c2c(F)cc3c(=O)c(C(=O)O)cn4c3c2OCC4C)CC1NC(=O)OC(C)(C)C. The number of aromatic carboxylic acids is 1. The number of hydrogen-bond donors (Lipinski definition) is 2. The van der Waals surface area contributed by atoms with Crippen LogP contribution in [0.25, 0.3) is 10.9 Å². The topological polar surface area (TPSA) is 110 Å². The smallest absolute Gasteiger partial charge is 0.407 e. The summed E-state index contributed by atoms with van der Waals surface area (Å²) in [7, 11) is 0. The highest BCUT2D eigenvalue weighted by molar-refractivity contribution is 5.97. The predicted octanol–water partition coefficient (Wildman–Crippen LogP) is 3.14. The Kier molecular flexibility index (Phi) is 5.50. The number of amides is 1. The van der Waals surface area contributed by atoms with E-state index in [2.05, 4.69) is 5.32 Å². The van der Waals surface area contributed by atoms with E-state index in [-0.39, 0.29) is 41.4 Å². The number of nitrogens with one attached hydrogen (secondary N) is 1. The molecular weight excluding hydrogens is 433 g/mol. The number of alkyl carbamates (subject to hydrolysis) is 1. The summed E-state index contributed by atoms with van der Waals surface area (Å²) >= 11 is 0. The molecule has 1 aromatic heterocycles. The molecule has 33 heavy (non-hydrogen) atoms. The number of halogens is 1. The molecule has 0 spiro atoms. The van der Waals surface area contributed by atoms with Crippen molar-refractivity contribution in [1.82, 2.24) is 9.88 Å². The van der Waals surface area contributed by atoms with Gasteiger partial charge in [0.25, 0.3) is 0 Å². The molecule has 0 aliphatic carbocycles. The summed E-state index contributed by atoms with van der Waals surface area (Å²) in [5.41, 5.74) is -1.23. The summed E-state index contributed by atoms with van der Waals surface area (Å²) in [5, 5.41) is 12.2. The third-order valence-corrected chi connectivity index (χ3v) is 6.00. The minimum atomic E-state index is -1.36. The predicted molar refractivity (Wildman–Crippen MR) is 120 cm³/mol. The van der Waals surface area contributed by atoms with Gasteiger partial charge in [-0.2, -0.15) is 0 Å². The minimum absolute atomic E-state index is 0.00101. The first-order valence-electron chi connectivity index (χ1n) is 10.9. The second-order valence-electron chi connectivity index (χ2n) is 9.81. The molecule has 0 saturated carbocycles. The first-order chi connectivity index (χ1) is 15.4. The zero-order chi connectivity index (χ0) is 24.2. The van der Waals surface area contributed by atoms with Crippen molar-refractivity contribution in [3.63, 3.8) is 0 Å². The number of ether oxygens (including phenoxy) is 2. The highest BCUT2D eigenvalue weighted by Crippen LogP contribution is 2.43. The molecule has 1 saturated heterocycles. The molecule has 1 amide bonds. The maximum atomic E-state index is 15.4. The second kappa shape index (κ2) is 7.93. The highest BCUT2D eigenvalue weighted by atomic mass is 19.1. The summed E-state index contributed by atoms with van der Waals surface area (Å²) in [6.07, 6.45) is 0.756. The number of anilines is 1. The molecule has 178 valence electrons. The Morgan fingerprint density at radius 3 is 2.61 bits per heavy atom. The van der Waals surface area contributed by atoms with Crippen molar-refractivity contribution in [1.29, 1.82) is 0 Å². The summed E-state index contributed by atoms with van der Waals surface area (Å²) in [4.78, 5) is 38.3. The number of carboxylic acids is 1. The van der Waals surface area contributed by atoms with E-state index in [9.17, 15) is 19.5 Å². The van der Waals surface area contributed by atoms with Crippen LogP contribution < -0.4 is 20.4 Å². The van der Waals surface area contributed by atoms with Crippen LogP contribution in [0.4, 0.5) is 14.9 Å². The fourth-order valence-electron chi connectivity index (χ4n) is 4.45. The van der Waals surface area contributed by atoms with Crippen molar-refractivity contribution < 1.29 is 28.6 Å². The van der Waals surface area contributed by atoms with Gasteiger partial charge >= 0.3 is 12.1 Å². The molecule has 0 radical (unpaired) electrons. The molecular formula is C23H28FN3O6. The van der Waals surface area contributed by atoms with Gasteiger partial charge in [0.05, 0.1) is 23.0 Å². The van der Waals surface area contributed by atoms with Crippen LogP contribution in [0.5, 0.6) is 5.75 Å². The normalized spacial score (nSPS) is 22.2. The average Bonchev–Trinajstić information content (AvgIpc) is 3.03. The molecule has 2 N–H and O–H groups in total. The molecule has 3 atom stereocenters. The first kappa shape index (κ1) is 22.9. The van der Waals surface area contributed by atoms with Crippen molar-refractivity contribution in [2.24, 2.45) is 5.92 Å². The van der Waals surface area contributed by atoms with Crippen molar-refractivity contribution >= 4 is 28.7 Å². The van der Waals surface area contributed by atoms with Crippen LogP contribution in [-0.4, -0.2) is 53.1 Å². The van der Waals surface area contributed by atoms with Gasteiger partial charge in [-0.05, 0) is 39.7 Å². The number of carbonyl (C=O) groups is 2. The highest BCUT2D eigenvalue weighted by Gasteiger charge is 2.37. The number of pyridine rings is 1. The van der Waals surface area contributed by atoms with E-state index in [4.69, 9.17) is 9.47 Å². The first-order valence-corrected chi connectivity index (χ1v) is 10.9. The van der Waals surface area contributed by atoms with E-state index < -0.39 is 34.5 Å². The Labute approximate surface area is 190 Å². The second-order valence-corrected chi connectivity index (χ2v) is 9.81. The fraction of sp³-hybridized carbons (Fsp3) is 0.522. The van der Waals surface area contributed by atoms with Gasteiger partial charge in [-0.15, -0.1) is 0 Å². The van der Waals surface area contributed by atoms with E-state index >= 15 is 4.39 Å². The molecule has 1 fully saturated rings. The maximum absolute atomic E-state index is 15.4. The van der Waals surface area contributed by atoms with Crippen molar-refractivity contribution in [3.05, 3.63) is 33.9 Å². The van der Waals surface area contributed by atoms with Gasteiger partial charge in [0.15, 0.2) is 11.6 Å². The summed E-state index contributed by atoms with van der Waals surface area (Å²) in [5.74, 6) is -1.83. The molecule has 3 heterocycles. The summed E-state index contributed by atoms with van der Waals surface area (Å²) < 4.78 is 28.3. The number of nitrogens with zero attached hydrogens (tertiary/aromatic N) is 2. The molecule has 4 rings (SSSR count). The lowest BCUT2D eigenvalue weighted by molar-refractivity contribution is 0.0499. The molecule has 9 nitrogen and oxygen atoms in total. The Morgan fingerprint density at radius 2 is 1.97 bits per heavy atom. The van der Waals surface area contributed by atoms with Crippen molar-refractivity contribution in [3.8, 4) is 5.75 Å². The average molecular weight is 461 g/mol. The monoisotopic (exact) mass is 461 g/mol. The van der Waals surface area contributed by atoms with Gasteiger partial charge in [-0.1, -0.05) is 6.92 Å². The van der Waals surface area contributed by atoms with Crippen LogP contribution in [0.2, 0.25) is 0 Å². The Morgan fingerprint density at radius 1 is 1.27 bits per heavy atom. The molecule has 10 heteroatoms. The Hall–Kier alpha value is -3.30. The van der Waals surface area contributed by atoms with Gasteiger partial charge in [0.1, 0.15) is 23.5 Å². The number of carboxylic acid groups (broad SMARTS) is 1. The van der Waals surface area contributed by atoms with Gasteiger partial charge in [-0.25, -0.2) is 14.0 Å². The van der Waals surface area contributed by atoms with Crippen LogP contribution in [0.3, 0.4) is 0 Å². The summed E-state index contributed by atoms with van der Waals surface area (Å²) in [6.45, 7) is 10.1. The van der Waals surface area contributed by atoms with Crippen molar-refractivity contribution in [2.75, 3.05) is 24.6 Å². The standard InChI is InChI=1S/C23H28FN3O6/c1-11-7-26(9-16(11)25-22(31)33-23(3,4)5)18-15(24)6-13-17-20(18)32-10-12(2)27(17)8-14(19(13)28)21(29)30/h6,8,11-12,16H,7,9-10H2,1-5H3,(H,25,31)(H,29,30). The fourth-order valence-corrected chi connectivity index (χ4v) is 4.45. The minimum Gasteiger partial charge on any atom is -0.487 e. The lowest BCUT2D eigenvalue weighted by atomic mass is 10.1. The molecule has 2 aliphatic rings. The lowest BCUT2D eigenvalue weighted by Crippen LogP contribution is -2.42. The molecule has 0 bridgehead atoms. The number of carbonyl (C=O) groups excluding carboxylic acids is 1. The Balaban J connectivity index is 1.75. The van der Waals surface area contributed by atoms with E-state index in [0.717, 1.165) is 6.07 Å². The largest absolute Gasteiger partial charge is 0.487 e. The number of aromatic nitrogens is 1. The van der Waals surface area contributed by atoms with Crippen LogP contribution in [0.1, 0.15) is 51.0 Å². The maximum Gasteiger partial charge on any atom is 0.407 e. The van der Waals surface area contributed by atoms with Gasteiger partial charge in [-0.3, -0.25) is 4.79 Å². The molecule has 2 aliphatic heterocycles. The lowest BCUT2D eigenvalue weighted by Gasteiger charge is -2.31. The number of rotatable bonds is 3. The van der Waals surface area contributed by atoms with E-state index in [1.54, 1.807) is 30.2 Å². The molecule has 2 aromatic rings. The van der Waals surface area contributed by atoms with Gasteiger partial charge in [0.2, 0.25) is 5.43 Å². The van der Waals surface area contributed by atoms with Crippen LogP contribution in [0.15, 0.2) is 17.1 Å². The number of hydrogen-bond acceptors (Lipinski definition) is 6. The quantitative estimate of drug-likeness (QED) is 0.723. The van der Waals surface area contributed by atoms with Gasteiger partial charge < -0.3 is 29.4 Å². The van der Waals surface area contributed by atoms with Crippen LogP contribution in [-0.2, 0) is 4.74 Å². The Bertz CT molecular complexity index is 1200. The van der Waals surface area contributed by atoms with Crippen molar-refractivity contribution in [2.45, 2.75) is 52.3 Å². The number of benzene rings is 1. The van der Waals surface area contributed by atoms with E-state index in [1.165, 1.54) is 6.20 Å². The zero-order valence-electron chi connectivity index (χ0n) is 19.3. The van der Waals surface area contributed by atoms with E-state index in [1.807, 2.05) is 13.8 Å². The third-order valence-electron chi connectivity index (χ3n) is 6.00. The van der Waals surface area contributed by atoms with Crippen LogP contribution >= 0.6 is 0 Å². The summed E-state index contributed by atoms with van der Waals surface area (Å²) in [6, 6.07) is 0.567.